The van der Waals surface area contributed by atoms with E-state index >= 15 is 0 Å². The number of hydrogen-bond donors (Lipinski definition) is 2. The maximum absolute atomic E-state index is 13.2. The number of carbonyl (C=O) groups excluding carboxylic acids is 1. The Morgan fingerprint density at radius 1 is 1.47 bits per heavy atom. The van der Waals surface area contributed by atoms with Crippen LogP contribution in [0.4, 0.5) is 19.4 Å². The van der Waals surface area contributed by atoms with Crippen molar-refractivity contribution in [2.75, 3.05) is 11.9 Å². The van der Waals surface area contributed by atoms with Crippen molar-refractivity contribution in [2.24, 2.45) is 0 Å². The van der Waals surface area contributed by atoms with E-state index in [1.165, 1.54) is 6.07 Å². The van der Waals surface area contributed by atoms with Gasteiger partial charge in [-0.2, -0.15) is 0 Å². The van der Waals surface area contributed by atoms with Gasteiger partial charge in [0.1, 0.15) is 23.8 Å². The standard InChI is InChI=1S/C11H11F2N3O3/c12-6-1-2-9(14-4-6)15-10(17)8-3-7(13)5-16(8)11(18)19/h1-2,4,7-8H,3,5H2,(H,18,19)(H,14,15,17)/t7-,8+/m1/s1. The monoisotopic (exact) mass is 271 g/mol. The van der Waals surface area contributed by atoms with Gasteiger partial charge in [0.05, 0.1) is 12.7 Å². The van der Waals surface area contributed by atoms with Gasteiger partial charge in [-0.1, -0.05) is 0 Å². The van der Waals surface area contributed by atoms with Gasteiger partial charge in [-0.3, -0.25) is 9.69 Å². The van der Waals surface area contributed by atoms with Crippen LogP contribution < -0.4 is 5.32 Å². The summed E-state index contributed by atoms with van der Waals surface area (Å²) in [6.07, 6.45) is -2.00. The van der Waals surface area contributed by atoms with Gasteiger partial charge in [-0.05, 0) is 12.1 Å². The summed E-state index contributed by atoms with van der Waals surface area (Å²) in [4.78, 5) is 27.1. The first kappa shape index (κ1) is 13.2. The highest BCUT2D eigenvalue weighted by Gasteiger charge is 2.40. The normalized spacial score (nSPS) is 22.3. The zero-order valence-corrected chi connectivity index (χ0v) is 9.72. The molecule has 0 spiro atoms. The molecule has 102 valence electrons. The molecule has 1 saturated heterocycles. The van der Waals surface area contributed by atoms with Crippen LogP contribution in [0, 0.1) is 5.82 Å². The van der Waals surface area contributed by atoms with Gasteiger partial charge in [0.25, 0.3) is 0 Å². The predicted octanol–water partition coefficient (Wildman–Crippen LogP) is 1.25. The van der Waals surface area contributed by atoms with Crippen molar-refractivity contribution in [3.8, 4) is 0 Å². The molecule has 1 aliphatic heterocycles. The van der Waals surface area contributed by atoms with Gasteiger partial charge in [0.15, 0.2) is 0 Å². The van der Waals surface area contributed by atoms with Crippen LogP contribution in [0.5, 0.6) is 0 Å². The van der Waals surface area contributed by atoms with Crippen LogP contribution in [0.1, 0.15) is 6.42 Å². The lowest BCUT2D eigenvalue weighted by Gasteiger charge is -2.19. The number of carbonyl (C=O) groups is 2. The second-order valence-corrected chi connectivity index (χ2v) is 4.13. The number of aromatic nitrogens is 1. The SMILES string of the molecule is O=C(Nc1ccc(F)cn1)[C@@H]1C[C@@H](F)CN1C(=O)O. The van der Waals surface area contributed by atoms with Gasteiger partial charge in [0, 0.05) is 6.42 Å². The van der Waals surface area contributed by atoms with Gasteiger partial charge in [0.2, 0.25) is 5.91 Å². The molecule has 2 atom stereocenters. The van der Waals surface area contributed by atoms with Crippen LogP contribution in [0.15, 0.2) is 18.3 Å². The molecular formula is C11H11F2N3O3. The highest BCUT2D eigenvalue weighted by molar-refractivity contribution is 5.96. The van der Waals surface area contributed by atoms with E-state index in [1.807, 2.05) is 0 Å². The van der Waals surface area contributed by atoms with Crippen LogP contribution in [0.25, 0.3) is 0 Å². The molecule has 0 aliphatic carbocycles. The van der Waals surface area contributed by atoms with E-state index in [-0.39, 0.29) is 18.8 Å². The van der Waals surface area contributed by atoms with Crippen molar-refractivity contribution in [3.63, 3.8) is 0 Å². The fourth-order valence-corrected chi connectivity index (χ4v) is 1.90. The zero-order chi connectivity index (χ0) is 14.0. The molecule has 0 bridgehead atoms. The number of halogens is 2. The van der Waals surface area contributed by atoms with E-state index in [1.54, 1.807) is 0 Å². The number of carboxylic acid groups (broad SMARTS) is 1. The Kier molecular flexibility index (Phi) is 3.59. The van der Waals surface area contributed by atoms with Crippen molar-refractivity contribution in [1.29, 1.82) is 0 Å². The molecule has 1 aliphatic rings. The molecular weight excluding hydrogens is 260 g/mol. The number of nitrogens with zero attached hydrogens (tertiary/aromatic N) is 2. The van der Waals surface area contributed by atoms with Crippen molar-refractivity contribution in [3.05, 3.63) is 24.1 Å². The second kappa shape index (κ2) is 5.17. The Morgan fingerprint density at radius 3 is 2.79 bits per heavy atom. The molecule has 1 fully saturated rings. The molecule has 6 nitrogen and oxygen atoms in total. The molecule has 0 aromatic carbocycles. The van der Waals surface area contributed by atoms with Crippen molar-refractivity contribution < 1.29 is 23.5 Å². The topological polar surface area (TPSA) is 82.5 Å². The lowest BCUT2D eigenvalue weighted by Crippen LogP contribution is -2.42. The summed E-state index contributed by atoms with van der Waals surface area (Å²) in [5, 5.41) is 11.2. The molecule has 1 aromatic heterocycles. The molecule has 2 amide bonds. The first-order valence-electron chi connectivity index (χ1n) is 5.53. The summed E-state index contributed by atoms with van der Waals surface area (Å²) in [5.41, 5.74) is 0. The maximum atomic E-state index is 13.2. The molecule has 0 radical (unpaired) electrons. The average Bonchev–Trinajstić information content (AvgIpc) is 2.74. The summed E-state index contributed by atoms with van der Waals surface area (Å²) in [6, 6.07) is 1.24. The first-order valence-corrected chi connectivity index (χ1v) is 5.53. The fraction of sp³-hybridized carbons (Fsp3) is 0.364. The highest BCUT2D eigenvalue weighted by Crippen LogP contribution is 2.21. The molecule has 2 heterocycles. The molecule has 2 rings (SSSR count). The van der Waals surface area contributed by atoms with Gasteiger partial charge in [-0.15, -0.1) is 0 Å². The van der Waals surface area contributed by atoms with E-state index in [9.17, 15) is 18.4 Å². The van der Waals surface area contributed by atoms with E-state index in [2.05, 4.69) is 10.3 Å². The van der Waals surface area contributed by atoms with Crippen LogP contribution in [0.3, 0.4) is 0 Å². The minimum atomic E-state index is -1.37. The molecule has 2 N–H and O–H groups in total. The summed E-state index contributed by atoms with van der Waals surface area (Å²) >= 11 is 0. The largest absolute Gasteiger partial charge is 0.465 e. The Labute approximate surface area is 107 Å². The summed E-state index contributed by atoms with van der Waals surface area (Å²) in [7, 11) is 0. The van der Waals surface area contributed by atoms with Crippen LogP contribution in [-0.2, 0) is 4.79 Å². The third-order valence-corrected chi connectivity index (χ3v) is 2.78. The molecule has 19 heavy (non-hydrogen) atoms. The predicted molar refractivity (Wildman–Crippen MR) is 60.9 cm³/mol. The average molecular weight is 271 g/mol. The van der Waals surface area contributed by atoms with E-state index in [0.29, 0.717) is 0 Å². The number of rotatable bonds is 2. The summed E-state index contributed by atoms with van der Waals surface area (Å²) in [5.74, 6) is -1.16. The van der Waals surface area contributed by atoms with Crippen LogP contribution in [-0.4, -0.2) is 45.7 Å². The Balaban J connectivity index is 2.06. The van der Waals surface area contributed by atoms with E-state index in [4.69, 9.17) is 5.11 Å². The van der Waals surface area contributed by atoms with Crippen molar-refractivity contribution in [2.45, 2.75) is 18.6 Å². The van der Waals surface area contributed by atoms with Gasteiger partial charge in [-0.25, -0.2) is 18.6 Å². The quantitative estimate of drug-likeness (QED) is 0.848. The number of nitrogens with one attached hydrogen (secondary N) is 1. The summed E-state index contributed by atoms with van der Waals surface area (Å²) < 4.78 is 25.8. The smallest absolute Gasteiger partial charge is 0.408 e. The van der Waals surface area contributed by atoms with E-state index < -0.39 is 30.0 Å². The van der Waals surface area contributed by atoms with Gasteiger partial charge < -0.3 is 10.4 Å². The number of hydrogen-bond acceptors (Lipinski definition) is 3. The number of likely N-dealkylation sites (tertiary alicyclic amines) is 1. The third kappa shape index (κ3) is 2.95. The number of alkyl halides is 1. The zero-order valence-electron chi connectivity index (χ0n) is 9.72. The molecule has 0 saturated carbocycles. The first-order chi connectivity index (χ1) is 8.97. The number of pyridine rings is 1. The summed E-state index contributed by atoms with van der Waals surface area (Å²) in [6.45, 7) is -0.329. The van der Waals surface area contributed by atoms with Crippen molar-refractivity contribution >= 4 is 17.8 Å². The van der Waals surface area contributed by atoms with Crippen LogP contribution >= 0.6 is 0 Å². The molecule has 1 aromatic rings. The molecule has 0 unspecified atom stereocenters. The van der Waals surface area contributed by atoms with Crippen LogP contribution in [0.2, 0.25) is 0 Å². The minimum absolute atomic E-state index is 0.0825. The Morgan fingerprint density at radius 2 is 2.21 bits per heavy atom. The highest BCUT2D eigenvalue weighted by atomic mass is 19.1. The number of anilines is 1. The third-order valence-electron chi connectivity index (χ3n) is 2.78. The minimum Gasteiger partial charge on any atom is -0.465 e. The van der Waals surface area contributed by atoms with Gasteiger partial charge >= 0.3 is 6.09 Å². The fourth-order valence-electron chi connectivity index (χ4n) is 1.90. The number of amides is 2. The molecule has 8 heteroatoms. The lowest BCUT2D eigenvalue weighted by atomic mass is 10.2. The Bertz CT molecular complexity index is 494. The second-order valence-electron chi connectivity index (χ2n) is 4.13. The Hall–Kier alpha value is -2.25. The van der Waals surface area contributed by atoms with Crippen molar-refractivity contribution in [1.82, 2.24) is 9.88 Å². The lowest BCUT2D eigenvalue weighted by molar-refractivity contribution is -0.120. The van der Waals surface area contributed by atoms with E-state index in [0.717, 1.165) is 17.2 Å². The maximum Gasteiger partial charge on any atom is 0.408 e.